The van der Waals surface area contributed by atoms with Gasteiger partial charge < -0.3 is 9.79 Å². The fourth-order valence-electron chi connectivity index (χ4n) is 0.834. The molecular weight excluding hydrogens is 157 g/mol. The second-order valence-corrected chi connectivity index (χ2v) is 3.35. The topological polar surface area (TPSA) is 23.5 Å². The van der Waals surface area contributed by atoms with Gasteiger partial charge in [0.2, 0.25) is 0 Å². The van der Waals surface area contributed by atoms with Gasteiger partial charge in [0.15, 0.2) is 0 Å². The molecule has 0 radical (unpaired) electrons. The molecular formula is C8H12NOP. The van der Waals surface area contributed by atoms with Crippen LogP contribution < -0.4 is 10.2 Å². The molecule has 0 saturated heterocycles. The van der Waals surface area contributed by atoms with E-state index in [0.717, 1.165) is 11.0 Å². The zero-order chi connectivity index (χ0) is 8.27. The van der Waals surface area contributed by atoms with Crippen LogP contribution in [0.25, 0.3) is 0 Å². The number of hydrogen-bond acceptors (Lipinski definition) is 2. The first-order valence-corrected chi connectivity index (χ1v) is 4.36. The summed E-state index contributed by atoms with van der Waals surface area (Å²) in [6.07, 6.45) is 0. The number of anilines is 1. The van der Waals surface area contributed by atoms with Gasteiger partial charge in [0.05, 0.1) is 0 Å². The third-order valence-electron chi connectivity index (χ3n) is 1.51. The van der Waals surface area contributed by atoms with E-state index in [1.165, 1.54) is 0 Å². The molecule has 1 aromatic rings. The SMILES string of the molecule is CN(C)c1ccc(PO)cc1. The van der Waals surface area contributed by atoms with Gasteiger partial charge in [-0.3, -0.25) is 0 Å². The van der Waals surface area contributed by atoms with Crippen molar-refractivity contribution in [1.82, 2.24) is 0 Å². The standard InChI is InChI=1S/C8H12NOP/c1-9(2)7-3-5-8(11-10)6-4-7/h3-6,10-11H,1-2H3. The highest BCUT2D eigenvalue weighted by atomic mass is 31.1. The number of benzene rings is 1. The minimum Gasteiger partial charge on any atom is -0.378 e. The predicted octanol–water partition coefficient (Wildman–Crippen LogP) is 0.964. The molecule has 1 rings (SSSR count). The van der Waals surface area contributed by atoms with E-state index in [1.54, 1.807) is 0 Å². The van der Waals surface area contributed by atoms with Gasteiger partial charge in [-0.05, 0) is 17.4 Å². The van der Waals surface area contributed by atoms with Crippen molar-refractivity contribution in [3.8, 4) is 0 Å². The van der Waals surface area contributed by atoms with Crippen LogP contribution in [0.1, 0.15) is 0 Å². The normalized spacial score (nSPS) is 10.8. The van der Waals surface area contributed by atoms with Crippen molar-refractivity contribution in [2.45, 2.75) is 0 Å². The summed E-state index contributed by atoms with van der Waals surface area (Å²) in [5.74, 6) is 0. The zero-order valence-electron chi connectivity index (χ0n) is 6.70. The Labute approximate surface area is 68.7 Å². The number of nitrogens with zero attached hydrogens (tertiary/aromatic N) is 1. The van der Waals surface area contributed by atoms with Crippen LogP contribution in [0, 0.1) is 0 Å². The van der Waals surface area contributed by atoms with Gasteiger partial charge in [0, 0.05) is 28.6 Å². The maximum atomic E-state index is 8.78. The van der Waals surface area contributed by atoms with Gasteiger partial charge in [0.25, 0.3) is 0 Å². The molecule has 11 heavy (non-hydrogen) atoms. The van der Waals surface area contributed by atoms with E-state index in [2.05, 4.69) is 0 Å². The molecule has 0 bridgehead atoms. The van der Waals surface area contributed by atoms with Gasteiger partial charge >= 0.3 is 0 Å². The Morgan fingerprint density at radius 1 is 1.18 bits per heavy atom. The van der Waals surface area contributed by atoms with Crippen molar-refractivity contribution >= 4 is 19.8 Å². The highest BCUT2D eigenvalue weighted by Gasteiger charge is 1.93. The summed E-state index contributed by atoms with van der Waals surface area (Å²) in [6, 6.07) is 7.87. The first kappa shape index (κ1) is 8.51. The molecule has 0 aliphatic rings. The van der Waals surface area contributed by atoms with Crippen molar-refractivity contribution in [3.05, 3.63) is 24.3 Å². The second kappa shape index (κ2) is 3.70. The van der Waals surface area contributed by atoms with Crippen LogP contribution in [-0.4, -0.2) is 19.0 Å². The Hall–Kier alpha value is -0.590. The van der Waals surface area contributed by atoms with E-state index in [4.69, 9.17) is 4.89 Å². The van der Waals surface area contributed by atoms with Crippen LogP contribution in [-0.2, 0) is 0 Å². The molecule has 1 unspecified atom stereocenters. The zero-order valence-corrected chi connectivity index (χ0v) is 7.70. The highest BCUT2D eigenvalue weighted by Crippen LogP contribution is 2.11. The van der Waals surface area contributed by atoms with Gasteiger partial charge in [-0.15, -0.1) is 0 Å². The lowest BCUT2D eigenvalue weighted by Crippen LogP contribution is -2.09. The summed E-state index contributed by atoms with van der Waals surface area (Å²) < 4.78 is 0. The monoisotopic (exact) mass is 169 g/mol. The lowest BCUT2D eigenvalue weighted by molar-refractivity contribution is 0.655. The first-order valence-electron chi connectivity index (χ1n) is 3.41. The lowest BCUT2D eigenvalue weighted by Gasteiger charge is -2.11. The Balaban J connectivity index is 2.83. The van der Waals surface area contributed by atoms with Crippen molar-refractivity contribution in [1.29, 1.82) is 0 Å². The summed E-state index contributed by atoms with van der Waals surface area (Å²) >= 11 is 0. The van der Waals surface area contributed by atoms with Gasteiger partial charge in [0.1, 0.15) is 0 Å². The summed E-state index contributed by atoms with van der Waals surface area (Å²) in [5.41, 5.74) is 1.16. The maximum Gasteiger partial charge on any atom is 0.0420 e. The van der Waals surface area contributed by atoms with E-state index in [1.807, 2.05) is 43.3 Å². The molecule has 0 saturated carbocycles. The average molecular weight is 169 g/mol. The molecule has 1 aromatic carbocycles. The average Bonchev–Trinajstić information content (AvgIpc) is 2.05. The van der Waals surface area contributed by atoms with Crippen LogP contribution in [0.3, 0.4) is 0 Å². The molecule has 60 valence electrons. The van der Waals surface area contributed by atoms with Crippen LogP contribution in [0.2, 0.25) is 0 Å². The molecule has 0 aliphatic heterocycles. The predicted molar refractivity (Wildman–Crippen MR) is 50.9 cm³/mol. The third kappa shape index (κ3) is 2.18. The fraction of sp³-hybridized carbons (Fsp3) is 0.250. The maximum absolute atomic E-state index is 8.78. The summed E-state index contributed by atoms with van der Waals surface area (Å²) in [6.45, 7) is 0. The Bertz CT molecular complexity index is 220. The number of hydrogen-bond donors (Lipinski definition) is 1. The van der Waals surface area contributed by atoms with Crippen LogP contribution in [0.15, 0.2) is 24.3 Å². The van der Waals surface area contributed by atoms with Crippen LogP contribution in [0.4, 0.5) is 5.69 Å². The van der Waals surface area contributed by atoms with Gasteiger partial charge in [-0.2, -0.15) is 0 Å². The molecule has 0 aliphatic carbocycles. The molecule has 0 aromatic heterocycles. The van der Waals surface area contributed by atoms with E-state index in [0.29, 0.717) is 0 Å². The van der Waals surface area contributed by atoms with Gasteiger partial charge in [-0.25, -0.2) is 0 Å². The smallest absolute Gasteiger partial charge is 0.0420 e. The van der Waals surface area contributed by atoms with E-state index in [9.17, 15) is 0 Å². The summed E-state index contributed by atoms with van der Waals surface area (Å²) in [4.78, 5) is 10.8. The van der Waals surface area contributed by atoms with Crippen LogP contribution in [0.5, 0.6) is 0 Å². The minimum absolute atomic E-state index is 0.0986. The van der Waals surface area contributed by atoms with Crippen molar-refractivity contribution in [2.24, 2.45) is 0 Å². The minimum atomic E-state index is -0.0986. The van der Waals surface area contributed by atoms with Crippen molar-refractivity contribution in [2.75, 3.05) is 19.0 Å². The van der Waals surface area contributed by atoms with Gasteiger partial charge in [-0.1, -0.05) is 12.1 Å². The Morgan fingerprint density at radius 2 is 1.73 bits per heavy atom. The lowest BCUT2D eigenvalue weighted by atomic mass is 10.3. The fourth-order valence-corrected chi connectivity index (χ4v) is 1.15. The largest absolute Gasteiger partial charge is 0.378 e. The van der Waals surface area contributed by atoms with E-state index >= 15 is 0 Å². The third-order valence-corrected chi connectivity index (χ3v) is 2.10. The molecule has 0 fully saturated rings. The van der Waals surface area contributed by atoms with E-state index < -0.39 is 0 Å². The van der Waals surface area contributed by atoms with Crippen molar-refractivity contribution in [3.63, 3.8) is 0 Å². The molecule has 0 heterocycles. The second-order valence-electron chi connectivity index (χ2n) is 2.55. The van der Waals surface area contributed by atoms with Crippen molar-refractivity contribution < 1.29 is 4.89 Å². The Morgan fingerprint density at radius 3 is 2.09 bits per heavy atom. The summed E-state index contributed by atoms with van der Waals surface area (Å²) in [5, 5.41) is 0.982. The molecule has 0 spiro atoms. The molecule has 0 amide bonds. The Kier molecular flexibility index (Phi) is 2.86. The molecule has 1 N–H and O–H groups in total. The summed E-state index contributed by atoms with van der Waals surface area (Å²) in [7, 11) is 3.89. The first-order chi connectivity index (χ1) is 5.24. The quantitative estimate of drug-likeness (QED) is 0.666. The highest BCUT2D eigenvalue weighted by molar-refractivity contribution is 7.40. The molecule has 2 nitrogen and oxygen atoms in total. The van der Waals surface area contributed by atoms with E-state index in [-0.39, 0.29) is 8.81 Å². The molecule has 1 atom stereocenters. The number of rotatable bonds is 2. The molecule has 3 heteroatoms. The van der Waals surface area contributed by atoms with Crippen LogP contribution >= 0.6 is 8.81 Å².